The molecule has 3 rings (SSSR count). The summed E-state index contributed by atoms with van der Waals surface area (Å²) in [6.07, 6.45) is 0. The van der Waals surface area contributed by atoms with Gasteiger partial charge in [-0.2, -0.15) is 4.31 Å². The van der Waals surface area contributed by atoms with Gasteiger partial charge in [0.1, 0.15) is 11.5 Å². The Labute approximate surface area is 173 Å². The molecule has 0 bridgehead atoms. The van der Waals surface area contributed by atoms with Crippen molar-refractivity contribution in [2.24, 2.45) is 0 Å². The molecular weight excluding hydrogens is 448 g/mol. The maximum Gasteiger partial charge on any atom is 0.257 e. The van der Waals surface area contributed by atoms with Crippen molar-refractivity contribution in [3.63, 3.8) is 0 Å². The molecule has 150 valence electrons. The molecule has 1 amide bonds. The lowest BCUT2D eigenvalue weighted by molar-refractivity contribution is 0.0694. The van der Waals surface area contributed by atoms with Gasteiger partial charge in [0.15, 0.2) is 0 Å². The summed E-state index contributed by atoms with van der Waals surface area (Å²) in [5, 5.41) is 0. The zero-order valence-corrected chi connectivity index (χ0v) is 18.0. The minimum absolute atomic E-state index is 0.195. The van der Waals surface area contributed by atoms with Gasteiger partial charge in [-0.15, -0.1) is 0 Å². The van der Waals surface area contributed by atoms with Crippen LogP contribution in [-0.4, -0.2) is 63.9 Å². The van der Waals surface area contributed by atoms with Gasteiger partial charge < -0.3 is 14.4 Å². The molecule has 1 aliphatic heterocycles. The summed E-state index contributed by atoms with van der Waals surface area (Å²) in [7, 11) is -0.559. The Bertz CT molecular complexity index is 972. The van der Waals surface area contributed by atoms with E-state index in [1.807, 2.05) is 0 Å². The smallest absolute Gasteiger partial charge is 0.257 e. The summed E-state index contributed by atoms with van der Waals surface area (Å²) >= 11 is 3.30. The average molecular weight is 469 g/mol. The zero-order valence-electron chi connectivity index (χ0n) is 15.6. The van der Waals surface area contributed by atoms with Crippen LogP contribution in [0.25, 0.3) is 0 Å². The number of carbonyl (C=O) groups excluding carboxylic acids is 1. The van der Waals surface area contributed by atoms with E-state index in [0.29, 0.717) is 34.6 Å². The number of nitrogens with zero attached hydrogens (tertiary/aromatic N) is 2. The summed E-state index contributed by atoms with van der Waals surface area (Å²) in [6.45, 7) is 1.08. The Kier molecular flexibility index (Phi) is 6.26. The first-order valence-corrected chi connectivity index (χ1v) is 10.9. The molecule has 0 aliphatic carbocycles. The van der Waals surface area contributed by atoms with Gasteiger partial charge in [-0.25, -0.2) is 8.42 Å². The van der Waals surface area contributed by atoms with Crippen LogP contribution in [0.1, 0.15) is 10.4 Å². The van der Waals surface area contributed by atoms with E-state index in [1.54, 1.807) is 54.5 Å². The second-order valence-electron chi connectivity index (χ2n) is 6.22. The number of sulfonamides is 1. The number of hydrogen-bond donors (Lipinski definition) is 0. The Morgan fingerprint density at radius 2 is 1.71 bits per heavy atom. The van der Waals surface area contributed by atoms with Crippen LogP contribution in [-0.2, 0) is 10.0 Å². The number of benzene rings is 2. The maximum absolute atomic E-state index is 12.9. The van der Waals surface area contributed by atoms with E-state index in [9.17, 15) is 13.2 Å². The third-order valence-electron chi connectivity index (χ3n) is 4.60. The highest BCUT2D eigenvalue weighted by atomic mass is 79.9. The lowest BCUT2D eigenvalue weighted by Gasteiger charge is -2.34. The molecule has 7 nitrogen and oxygen atoms in total. The molecular formula is C19H21BrN2O5S. The molecule has 0 unspecified atom stereocenters. The lowest BCUT2D eigenvalue weighted by atomic mass is 10.1. The van der Waals surface area contributed by atoms with E-state index in [-0.39, 0.29) is 23.9 Å². The quantitative estimate of drug-likeness (QED) is 0.673. The van der Waals surface area contributed by atoms with E-state index in [2.05, 4.69) is 15.9 Å². The number of halogens is 1. The highest BCUT2D eigenvalue weighted by Crippen LogP contribution is 2.27. The van der Waals surface area contributed by atoms with Crippen molar-refractivity contribution in [2.45, 2.75) is 4.90 Å². The maximum atomic E-state index is 12.9. The van der Waals surface area contributed by atoms with E-state index < -0.39 is 10.0 Å². The van der Waals surface area contributed by atoms with Crippen LogP contribution in [0.2, 0.25) is 0 Å². The number of hydrogen-bond acceptors (Lipinski definition) is 5. The van der Waals surface area contributed by atoms with Gasteiger partial charge >= 0.3 is 0 Å². The van der Waals surface area contributed by atoms with Crippen LogP contribution in [0.3, 0.4) is 0 Å². The van der Waals surface area contributed by atoms with Crippen LogP contribution in [0.5, 0.6) is 11.5 Å². The van der Waals surface area contributed by atoms with Crippen LogP contribution in [0, 0.1) is 0 Å². The number of ether oxygens (including phenoxy) is 2. The Balaban J connectivity index is 1.72. The molecule has 2 aromatic rings. The van der Waals surface area contributed by atoms with Gasteiger partial charge in [0.2, 0.25) is 10.0 Å². The van der Waals surface area contributed by atoms with E-state index in [0.717, 1.165) is 0 Å². The molecule has 0 saturated carbocycles. The molecule has 1 fully saturated rings. The van der Waals surface area contributed by atoms with Crippen LogP contribution < -0.4 is 9.47 Å². The van der Waals surface area contributed by atoms with Gasteiger partial charge in [-0.3, -0.25) is 4.79 Å². The number of methoxy groups -OCH3 is 2. The van der Waals surface area contributed by atoms with Gasteiger partial charge in [0.25, 0.3) is 5.91 Å². The monoisotopic (exact) mass is 468 g/mol. The van der Waals surface area contributed by atoms with Crippen LogP contribution >= 0.6 is 15.9 Å². The van der Waals surface area contributed by atoms with Crippen molar-refractivity contribution in [1.82, 2.24) is 9.21 Å². The summed E-state index contributed by atoms with van der Waals surface area (Å²) in [6, 6.07) is 11.6. The van der Waals surface area contributed by atoms with Crippen molar-refractivity contribution >= 4 is 31.9 Å². The molecule has 1 aliphatic rings. The summed E-state index contributed by atoms with van der Waals surface area (Å²) in [5.74, 6) is 0.825. The van der Waals surface area contributed by atoms with Crippen molar-refractivity contribution in [3.8, 4) is 11.5 Å². The molecule has 0 aromatic heterocycles. The lowest BCUT2D eigenvalue weighted by Crippen LogP contribution is -2.50. The summed E-state index contributed by atoms with van der Waals surface area (Å²) in [5.41, 5.74) is 0.423. The molecule has 1 heterocycles. The summed E-state index contributed by atoms with van der Waals surface area (Å²) in [4.78, 5) is 14.8. The van der Waals surface area contributed by atoms with Crippen molar-refractivity contribution in [1.29, 1.82) is 0 Å². The first-order chi connectivity index (χ1) is 13.4. The van der Waals surface area contributed by atoms with Crippen molar-refractivity contribution in [2.75, 3.05) is 40.4 Å². The highest BCUT2D eigenvalue weighted by Gasteiger charge is 2.31. The van der Waals surface area contributed by atoms with E-state index in [1.165, 1.54) is 11.4 Å². The molecule has 0 N–H and O–H groups in total. The van der Waals surface area contributed by atoms with Crippen molar-refractivity contribution in [3.05, 3.63) is 52.5 Å². The second kappa shape index (κ2) is 8.50. The Morgan fingerprint density at radius 1 is 1.00 bits per heavy atom. The Morgan fingerprint density at radius 3 is 2.32 bits per heavy atom. The minimum atomic E-state index is -3.60. The molecule has 28 heavy (non-hydrogen) atoms. The van der Waals surface area contributed by atoms with Crippen LogP contribution in [0.15, 0.2) is 51.8 Å². The van der Waals surface area contributed by atoms with Gasteiger partial charge in [-0.1, -0.05) is 22.0 Å². The average Bonchev–Trinajstić information content (AvgIpc) is 2.72. The standard InChI is InChI=1S/C19H21BrN2O5S/c1-26-15-6-7-17(18(13-15)27-2)19(23)21-8-10-22(11-9-21)28(24,25)16-5-3-4-14(20)12-16/h3-7,12-13H,8-11H2,1-2H3. The van der Waals surface area contributed by atoms with Gasteiger partial charge in [0.05, 0.1) is 24.7 Å². The minimum Gasteiger partial charge on any atom is -0.497 e. The van der Waals surface area contributed by atoms with Crippen molar-refractivity contribution < 1.29 is 22.7 Å². The molecule has 9 heteroatoms. The molecule has 0 atom stereocenters. The number of piperazine rings is 1. The number of carbonyl (C=O) groups is 1. The zero-order chi connectivity index (χ0) is 20.3. The number of rotatable bonds is 5. The molecule has 0 radical (unpaired) electrons. The highest BCUT2D eigenvalue weighted by molar-refractivity contribution is 9.10. The number of amides is 1. The predicted octanol–water partition coefficient (Wildman–Crippen LogP) is 2.61. The second-order valence-corrected chi connectivity index (χ2v) is 9.07. The van der Waals surface area contributed by atoms with E-state index in [4.69, 9.17) is 9.47 Å². The summed E-state index contributed by atoms with van der Waals surface area (Å²) < 4.78 is 38.2. The Hall–Kier alpha value is -2.10. The normalized spacial score (nSPS) is 15.3. The van der Waals surface area contributed by atoms with Crippen LogP contribution in [0.4, 0.5) is 0 Å². The van der Waals surface area contributed by atoms with Gasteiger partial charge in [-0.05, 0) is 30.3 Å². The fraction of sp³-hybridized carbons (Fsp3) is 0.316. The fourth-order valence-electron chi connectivity index (χ4n) is 3.05. The third-order valence-corrected chi connectivity index (χ3v) is 6.99. The SMILES string of the molecule is COc1ccc(C(=O)N2CCN(S(=O)(=O)c3cccc(Br)c3)CC2)c(OC)c1. The topological polar surface area (TPSA) is 76.2 Å². The predicted molar refractivity (Wildman–Crippen MR) is 108 cm³/mol. The largest absolute Gasteiger partial charge is 0.497 e. The molecule has 2 aromatic carbocycles. The van der Waals surface area contributed by atoms with Gasteiger partial charge in [0, 0.05) is 36.7 Å². The fourth-order valence-corrected chi connectivity index (χ4v) is 5.07. The molecule has 1 saturated heterocycles. The first kappa shape index (κ1) is 20.6. The van der Waals surface area contributed by atoms with E-state index >= 15 is 0 Å². The third kappa shape index (κ3) is 4.16. The first-order valence-electron chi connectivity index (χ1n) is 8.64. The molecule has 0 spiro atoms.